The first-order valence-corrected chi connectivity index (χ1v) is 3.77. The third kappa shape index (κ3) is 1.45. The summed E-state index contributed by atoms with van der Waals surface area (Å²) in [6.45, 7) is 0. The number of alkyl halides is 1. The number of rotatable bonds is 1. The Labute approximate surface area is 62.5 Å². The van der Waals surface area contributed by atoms with Crippen LogP contribution >= 0.6 is 15.9 Å². The van der Waals surface area contributed by atoms with Gasteiger partial charge in [0, 0.05) is 10.9 Å². The predicted octanol–water partition coefficient (Wildman–Crippen LogP) is 2.73. The minimum Gasteiger partial charge on any atom is -0.290 e. The molecule has 0 heterocycles. The summed E-state index contributed by atoms with van der Waals surface area (Å²) in [6.07, 6.45) is 0. The maximum absolute atomic E-state index is 10.8. The summed E-state index contributed by atoms with van der Waals surface area (Å²) < 4.78 is 0. The van der Waals surface area contributed by atoms with Gasteiger partial charge in [-0.1, -0.05) is 34.1 Å². The second-order valence-corrected chi connectivity index (χ2v) is 2.30. The fourth-order valence-electron chi connectivity index (χ4n) is 0.614. The molecule has 0 unspecified atom stereocenters. The minimum absolute atomic E-state index is 0.106. The highest BCUT2D eigenvalue weighted by Crippen LogP contribution is 2.18. The second kappa shape index (κ2) is 2.87. The summed E-state index contributed by atoms with van der Waals surface area (Å²) in [5.74, 6) is 0.106. The Kier molecular flexibility index (Phi) is 2.11. The highest BCUT2D eigenvalue weighted by molar-refractivity contribution is 9.08. The monoisotopic (exact) mass is 185 g/mol. The van der Waals surface area contributed by atoms with Crippen LogP contribution in [0.15, 0.2) is 24.3 Å². The zero-order valence-corrected chi connectivity index (χ0v) is 6.39. The third-order valence-electron chi connectivity index (χ3n) is 1.12. The lowest BCUT2D eigenvalue weighted by atomic mass is 10.2. The van der Waals surface area contributed by atoms with E-state index < -0.39 is 0 Å². The lowest BCUT2D eigenvalue weighted by Crippen LogP contribution is -1.74. The SMILES string of the molecule is [O]c1ccccc1CBr. The van der Waals surface area contributed by atoms with E-state index in [9.17, 15) is 5.11 Å². The molecule has 9 heavy (non-hydrogen) atoms. The summed E-state index contributed by atoms with van der Waals surface area (Å²) in [5, 5.41) is 11.5. The molecule has 0 spiro atoms. The second-order valence-electron chi connectivity index (χ2n) is 1.74. The van der Waals surface area contributed by atoms with E-state index in [1.54, 1.807) is 12.1 Å². The molecule has 0 bridgehead atoms. The van der Waals surface area contributed by atoms with Crippen molar-refractivity contribution < 1.29 is 5.11 Å². The van der Waals surface area contributed by atoms with Gasteiger partial charge in [-0.25, -0.2) is 0 Å². The lowest BCUT2D eigenvalue weighted by molar-refractivity contribution is 0.351. The Balaban J connectivity index is 3.01. The Morgan fingerprint density at radius 2 is 2.00 bits per heavy atom. The van der Waals surface area contributed by atoms with Gasteiger partial charge in [0.15, 0.2) is 5.75 Å². The zero-order chi connectivity index (χ0) is 6.69. The smallest absolute Gasteiger partial charge is 0.182 e. The van der Waals surface area contributed by atoms with Crippen LogP contribution in [0.4, 0.5) is 0 Å². The van der Waals surface area contributed by atoms with E-state index in [4.69, 9.17) is 0 Å². The molecule has 0 aromatic heterocycles. The van der Waals surface area contributed by atoms with Crippen LogP contribution in [-0.2, 0) is 10.4 Å². The van der Waals surface area contributed by atoms with Gasteiger partial charge in [0.1, 0.15) is 0 Å². The van der Waals surface area contributed by atoms with Crippen LogP contribution in [0.25, 0.3) is 0 Å². The van der Waals surface area contributed by atoms with Gasteiger partial charge in [-0.2, -0.15) is 0 Å². The summed E-state index contributed by atoms with van der Waals surface area (Å²) in [5.41, 5.74) is 0.817. The van der Waals surface area contributed by atoms with E-state index >= 15 is 0 Å². The van der Waals surface area contributed by atoms with Gasteiger partial charge in [-0.3, -0.25) is 5.11 Å². The standard InChI is InChI=1S/C7H6BrO/c8-5-6-3-1-2-4-7(6)9/h1-4H,5H2. The molecular weight excluding hydrogens is 180 g/mol. The van der Waals surface area contributed by atoms with Crippen molar-refractivity contribution in [2.24, 2.45) is 0 Å². The first kappa shape index (κ1) is 6.62. The Morgan fingerprint density at radius 1 is 1.33 bits per heavy atom. The quantitative estimate of drug-likeness (QED) is 0.601. The van der Waals surface area contributed by atoms with E-state index in [0.717, 1.165) is 5.56 Å². The molecule has 1 aromatic carbocycles. The van der Waals surface area contributed by atoms with Gasteiger partial charge in [-0.15, -0.1) is 0 Å². The number of hydrogen-bond donors (Lipinski definition) is 0. The van der Waals surface area contributed by atoms with E-state index in [0.29, 0.717) is 5.33 Å². The molecule has 47 valence electrons. The Hall–Kier alpha value is -0.500. The largest absolute Gasteiger partial charge is 0.290 e. The van der Waals surface area contributed by atoms with Crippen LogP contribution < -0.4 is 0 Å². The molecule has 2 heteroatoms. The normalized spacial score (nSPS) is 9.44. The Bertz CT molecular complexity index is 198. The molecule has 0 saturated heterocycles. The van der Waals surface area contributed by atoms with Crippen molar-refractivity contribution in [3.05, 3.63) is 29.8 Å². The van der Waals surface area contributed by atoms with Gasteiger partial charge < -0.3 is 0 Å². The molecule has 0 N–H and O–H groups in total. The van der Waals surface area contributed by atoms with E-state index in [-0.39, 0.29) is 5.75 Å². The summed E-state index contributed by atoms with van der Waals surface area (Å²) >= 11 is 3.21. The maximum atomic E-state index is 10.8. The van der Waals surface area contributed by atoms with Crippen LogP contribution in [0.5, 0.6) is 5.75 Å². The van der Waals surface area contributed by atoms with Crippen molar-refractivity contribution in [1.29, 1.82) is 0 Å². The van der Waals surface area contributed by atoms with Gasteiger partial charge in [0.25, 0.3) is 0 Å². The van der Waals surface area contributed by atoms with Gasteiger partial charge in [-0.05, 0) is 6.07 Å². The molecule has 0 aliphatic rings. The molecule has 1 rings (SSSR count). The van der Waals surface area contributed by atoms with E-state index in [2.05, 4.69) is 15.9 Å². The zero-order valence-electron chi connectivity index (χ0n) is 4.80. The molecule has 0 fully saturated rings. The van der Waals surface area contributed by atoms with Crippen LogP contribution in [0.1, 0.15) is 5.56 Å². The summed E-state index contributed by atoms with van der Waals surface area (Å²) in [4.78, 5) is 0. The molecule has 1 nitrogen and oxygen atoms in total. The number of benzene rings is 1. The third-order valence-corrected chi connectivity index (χ3v) is 1.72. The molecule has 0 aliphatic carbocycles. The fraction of sp³-hybridized carbons (Fsp3) is 0.143. The van der Waals surface area contributed by atoms with Crippen molar-refractivity contribution in [3.63, 3.8) is 0 Å². The van der Waals surface area contributed by atoms with Crippen molar-refractivity contribution in [2.45, 2.75) is 5.33 Å². The number of halogens is 1. The molecular formula is C7H6BrO. The molecule has 0 amide bonds. The van der Waals surface area contributed by atoms with Crippen molar-refractivity contribution in [1.82, 2.24) is 0 Å². The fourth-order valence-corrected chi connectivity index (χ4v) is 1.08. The number of para-hydroxylation sites is 1. The molecule has 1 radical (unpaired) electrons. The molecule has 1 aromatic rings. The highest BCUT2D eigenvalue weighted by atomic mass is 79.9. The van der Waals surface area contributed by atoms with E-state index in [1.807, 2.05) is 12.1 Å². The van der Waals surface area contributed by atoms with Crippen LogP contribution in [-0.4, -0.2) is 0 Å². The molecule has 0 saturated carbocycles. The minimum atomic E-state index is 0.106. The van der Waals surface area contributed by atoms with Crippen molar-refractivity contribution >= 4 is 15.9 Å². The van der Waals surface area contributed by atoms with E-state index in [1.165, 1.54) is 0 Å². The van der Waals surface area contributed by atoms with Crippen molar-refractivity contribution in [3.8, 4) is 5.75 Å². The maximum Gasteiger partial charge on any atom is 0.182 e. The van der Waals surface area contributed by atoms with Gasteiger partial charge in [0.05, 0.1) is 0 Å². The van der Waals surface area contributed by atoms with Crippen LogP contribution in [0, 0.1) is 0 Å². The van der Waals surface area contributed by atoms with Gasteiger partial charge in [0.2, 0.25) is 0 Å². The summed E-state index contributed by atoms with van der Waals surface area (Å²) in [6, 6.07) is 6.99. The molecule has 0 aliphatic heterocycles. The topological polar surface area (TPSA) is 19.9 Å². The average molecular weight is 186 g/mol. The van der Waals surface area contributed by atoms with Crippen LogP contribution in [0.3, 0.4) is 0 Å². The van der Waals surface area contributed by atoms with Crippen molar-refractivity contribution in [2.75, 3.05) is 0 Å². The number of hydrogen-bond acceptors (Lipinski definition) is 0. The van der Waals surface area contributed by atoms with Crippen LogP contribution in [0.2, 0.25) is 0 Å². The predicted molar refractivity (Wildman–Crippen MR) is 39.2 cm³/mol. The Morgan fingerprint density at radius 3 is 2.44 bits per heavy atom. The average Bonchev–Trinajstić information content (AvgIpc) is 1.89. The highest BCUT2D eigenvalue weighted by Gasteiger charge is 1.96. The molecule has 0 atom stereocenters. The first-order chi connectivity index (χ1) is 4.34. The lowest BCUT2D eigenvalue weighted by Gasteiger charge is -1.92. The summed E-state index contributed by atoms with van der Waals surface area (Å²) in [7, 11) is 0. The van der Waals surface area contributed by atoms with Gasteiger partial charge >= 0.3 is 0 Å². The first-order valence-electron chi connectivity index (χ1n) is 2.65.